The van der Waals surface area contributed by atoms with Gasteiger partial charge >= 0.3 is 0 Å². The molecule has 1 aromatic heterocycles. The summed E-state index contributed by atoms with van der Waals surface area (Å²) in [5, 5.41) is 16.3. The molecule has 0 bridgehead atoms. The van der Waals surface area contributed by atoms with Crippen molar-refractivity contribution in [3.8, 4) is 0 Å². The first kappa shape index (κ1) is 14.1. The van der Waals surface area contributed by atoms with Crippen LogP contribution in [0.3, 0.4) is 0 Å². The molecule has 0 radical (unpaired) electrons. The Bertz CT molecular complexity index is 402. The molecule has 1 saturated carbocycles. The van der Waals surface area contributed by atoms with Gasteiger partial charge in [-0.05, 0) is 44.6 Å². The van der Waals surface area contributed by atoms with E-state index >= 15 is 0 Å². The smallest absolute Gasteiger partial charge is 0.224 e. The van der Waals surface area contributed by atoms with Crippen molar-refractivity contribution >= 4 is 11.8 Å². The lowest BCUT2D eigenvalue weighted by atomic mass is 9.77. The van der Waals surface area contributed by atoms with Gasteiger partial charge in [0.05, 0.1) is 12.1 Å². The number of anilines is 2. The molecule has 0 unspecified atom stereocenters. The minimum absolute atomic E-state index is 0.153. The molecule has 1 aliphatic carbocycles. The normalized spacial score (nSPS) is 27.0. The van der Waals surface area contributed by atoms with Crippen molar-refractivity contribution in [1.82, 2.24) is 9.97 Å². The fraction of sp³-hybridized carbons (Fsp3) is 0.714. The monoisotopic (exact) mass is 264 g/mol. The van der Waals surface area contributed by atoms with E-state index in [2.05, 4.69) is 27.5 Å². The lowest BCUT2D eigenvalue weighted by Crippen LogP contribution is -2.45. The van der Waals surface area contributed by atoms with Crippen LogP contribution in [0.25, 0.3) is 0 Å². The molecule has 0 aliphatic heterocycles. The Morgan fingerprint density at radius 2 is 2.16 bits per heavy atom. The molecule has 0 spiro atoms. The van der Waals surface area contributed by atoms with Gasteiger partial charge in [-0.2, -0.15) is 4.98 Å². The van der Waals surface area contributed by atoms with Gasteiger partial charge in [0.15, 0.2) is 0 Å². The molecule has 5 nitrogen and oxygen atoms in total. The second kappa shape index (κ2) is 6.19. The molecule has 1 aromatic rings. The Hall–Kier alpha value is -1.36. The number of nitrogens with zero attached hydrogens (tertiary/aromatic N) is 2. The Kier molecular flexibility index (Phi) is 4.58. The zero-order valence-electron chi connectivity index (χ0n) is 11.8. The fourth-order valence-corrected chi connectivity index (χ4v) is 2.58. The summed E-state index contributed by atoms with van der Waals surface area (Å²) < 4.78 is 0. The second-order valence-corrected chi connectivity index (χ2v) is 5.54. The molecule has 106 valence electrons. The molecule has 1 heterocycles. The number of hydrogen-bond donors (Lipinski definition) is 3. The highest BCUT2D eigenvalue weighted by molar-refractivity contribution is 5.42. The first-order valence-electron chi connectivity index (χ1n) is 7.13. The Morgan fingerprint density at radius 1 is 1.42 bits per heavy atom. The van der Waals surface area contributed by atoms with E-state index in [4.69, 9.17) is 0 Å². The van der Waals surface area contributed by atoms with Gasteiger partial charge in [-0.25, -0.2) is 4.98 Å². The van der Waals surface area contributed by atoms with Crippen molar-refractivity contribution in [2.24, 2.45) is 5.92 Å². The molecule has 0 amide bonds. The van der Waals surface area contributed by atoms with E-state index < -0.39 is 0 Å². The summed E-state index contributed by atoms with van der Waals surface area (Å²) in [5.74, 6) is 2.17. The van der Waals surface area contributed by atoms with Crippen molar-refractivity contribution < 1.29 is 5.11 Å². The predicted molar refractivity (Wildman–Crippen MR) is 77.3 cm³/mol. The van der Waals surface area contributed by atoms with E-state index in [1.807, 2.05) is 13.0 Å². The lowest BCUT2D eigenvalue weighted by molar-refractivity contribution is 0.155. The number of aliphatic hydroxyl groups excluding tert-OH is 1. The number of nitrogens with one attached hydrogen (secondary N) is 2. The molecule has 2 rings (SSSR count). The van der Waals surface area contributed by atoms with E-state index in [-0.39, 0.29) is 12.1 Å². The number of hydrogen-bond acceptors (Lipinski definition) is 5. The van der Waals surface area contributed by atoms with Crippen LogP contribution in [-0.4, -0.2) is 33.8 Å². The molecular weight excluding hydrogens is 240 g/mol. The van der Waals surface area contributed by atoms with Crippen LogP contribution in [0, 0.1) is 5.92 Å². The van der Waals surface area contributed by atoms with Crippen LogP contribution >= 0.6 is 0 Å². The van der Waals surface area contributed by atoms with Gasteiger partial charge in [0.25, 0.3) is 0 Å². The minimum Gasteiger partial charge on any atom is -0.394 e. The highest BCUT2D eigenvalue weighted by atomic mass is 16.3. The molecule has 1 fully saturated rings. The maximum Gasteiger partial charge on any atom is 0.224 e. The van der Waals surface area contributed by atoms with E-state index in [0.717, 1.165) is 44.0 Å². The predicted octanol–water partition coefficient (Wildman–Crippen LogP) is 2.26. The highest BCUT2D eigenvalue weighted by Crippen LogP contribution is 2.34. The number of aromatic nitrogens is 2. The zero-order valence-corrected chi connectivity index (χ0v) is 11.8. The molecule has 0 aromatic carbocycles. The third kappa shape index (κ3) is 3.56. The second-order valence-electron chi connectivity index (χ2n) is 5.54. The third-order valence-electron chi connectivity index (χ3n) is 3.92. The van der Waals surface area contributed by atoms with Gasteiger partial charge < -0.3 is 15.7 Å². The van der Waals surface area contributed by atoms with Gasteiger partial charge in [-0.1, -0.05) is 6.92 Å². The molecule has 19 heavy (non-hydrogen) atoms. The van der Waals surface area contributed by atoms with Gasteiger partial charge in [0, 0.05) is 12.7 Å². The van der Waals surface area contributed by atoms with E-state index in [0.29, 0.717) is 5.95 Å². The minimum atomic E-state index is -0.218. The molecule has 5 heteroatoms. The largest absolute Gasteiger partial charge is 0.394 e. The van der Waals surface area contributed by atoms with Gasteiger partial charge in [0.2, 0.25) is 5.95 Å². The first-order valence-corrected chi connectivity index (χ1v) is 7.13. The molecule has 1 aliphatic rings. The summed E-state index contributed by atoms with van der Waals surface area (Å²) >= 11 is 0. The topological polar surface area (TPSA) is 70.1 Å². The van der Waals surface area contributed by atoms with Crippen LogP contribution < -0.4 is 10.6 Å². The lowest BCUT2D eigenvalue weighted by Gasteiger charge is -2.39. The zero-order chi connectivity index (χ0) is 13.7. The Morgan fingerprint density at radius 3 is 2.79 bits per heavy atom. The average Bonchev–Trinajstić information content (AvgIpc) is 2.43. The molecule has 0 saturated heterocycles. The van der Waals surface area contributed by atoms with Crippen molar-refractivity contribution in [3.05, 3.63) is 12.3 Å². The standard InChI is InChI=1S/C14H24N4O/c1-3-15-13-16-9-6-12(17-13)18-14(10-19)7-4-11(2)5-8-14/h6,9,11,19H,3-5,7-8,10H2,1-2H3,(H2,15,16,17,18). The quantitative estimate of drug-likeness (QED) is 0.761. The highest BCUT2D eigenvalue weighted by Gasteiger charge is 2.33. The van der Waals surface area contributed by atoms with Gasteiger partial charge in [-0.15, -0.1) is 0 Å². The van der Waals surface area contributed by atoms with Gasteiger partial charge in [0.1, 0.15) is 5.82 Å². The van der Waals surface area contributed by atoms with Crippen LogP contribution in [0.15, 0.2) is 12.3 Å². The van der Waals surface area contributed by atoms with E-state index in [1.54, 1.807) is 6.20 Å². The fourth-order valence-electron chi connectivity index (χ4n) is 2.58. The average molecular weight is 264 g/mol. The third-order valence-corrected chi connectivity index (χ3v) is 3.92. The van der Waals surface area contributed by atoms with Crippen LogP contribution in [0.5, 0.6) is 0 Å². The summed E-state index contributed by atoms with van der Waals surface area (Å²) in [6.45, 7) is 5.24. The van der Waals surface area contributed by atoms with E-state index in [9.17, 15) is 5.11 Å². The first-order chi connectivity index (χ1) is 9.17. The van der Waals surface area contributed by atoms with Crippen molar-refractivity contribution in [3.63, 3.8) is 0 Å². The summed E-state index contributed by atoms with van der Waals surface area (Å²) in [6, 6.07) is 1.86. The van der Waals surface area contributed by atoms with E-state index in [1.165, 1.54) is 0 Å². The van der Waals surface area contributed by atoms with Crippen LogP contribution in [0.4, 0.5) is 11.8 Å². The number of aliphatic hydroxyl groups is 1. The SMILES string of the molecule is CCNc1nccc(NC2(CO)CCC(C)CC2)n1. The van der Waals surface area contributed by atoms with Crippen molar-refractivity contribution in [1.29, 1.82) is 0 Å². The van der Waals surface area contributed by atoms with Crippen LogP contribution in [0.2, 0.25) is 0 Å². The molecular formula is C14H24N4O. The molecule has 3 N–H and O–H groups in total. The maximum absolute atomic E-state index is 9.74. The molecule has 0 atom stereocenters. The summed E-state index contributed by atoms with van der Waals surface area (Å²) in [5.41, 5.74) is -0.218. The number of rotatable bonds is 5. The summed E-state index contributed by atoms with van der Waals surface area (Å²) in [4.78, 5) is 8.58. The van der Waals surface area contributed by atoms with Crippen molar-refractivity contribution in [2.75, 3.05) is 23.8 Å². The Labute approximate surface area is 114 Å². The maximum atomic E-state index is 9.74. The van der Waals surface area contributed by atoms with Crippen LogP contribution in [0.1, 0.15) is 39.5 Å². The van der Waals surface area contributed by atoms with Crippen molar-refractivity contribution in [2.45, 2.75) is 45.1 Å². The van der Waals surface area contributed by atoms with Crippen LogP contribution in [-0.2, 0) is 0 Å². The van der Waals surface area contributed by atoms with Gasteiger partial charge in [-0.3, -0.25) is 0 Å². The summed E-state index contributed by atoms with van der Waals surface area (Å²) in [7, 11) is 0. The Balaban J connectivity index is 2.07. The summed E-state index contributed by atoms with van der Waals surface area (Å²) in [6.07, 6.45) is 6.03.